The van der Waals surface area contributed by atoms with Crippen LogP contribution in [0.3, 0.4) is 0 Å². The van der Waals surface area contributed by atoms with Crippen molar-refractivity contribution in [2.45, 2.75) is 106 Å². The van der Waals surface area contributed by atoms with E-state index in [9.17, 15) is 43.9 Å². The minimum Gasteiger partial charge on any atom is -0.203 e. The van der Waals surface area contributed by atoms with E-state index in [1.54, 1.807) is 0 Å². The van der Waals surface area contributed by atoms with Crippen LogP contribution in [0.25, 0.3) is 11.1 Å². The second-order valence-electron chi connectivity index (χ2n) is 12.0. The molecule has 0 radical (unpaired) electrons. The molecular formula is C34H47F10P. The molecule has 11 heteroatoms. The Balaban J connectivity index is 0.000000450. The van der Waals surface area contributed by atoms with Gasteiger partial charge in [-0.3, -0.25) is 0 Å². The van der Waals surface area contributed by atoms with Crippen molar-refractivity contribution in [3.63, 3.8) is 0 Å². The molecule has 0 fully saturated rings. The normalized spacial score (nSPS) is 14.4. The topological polar surface area (TPSA) is 0 Å². The van der Waals surface area contributed by atoms with Gasteiger partial charge in [-0.2, -0.15) is 0 Å². The Morgan fingerprint density at radius 2 is 0.667 bits per heavy atom. The quantitative estimate of drug-likeness (QED) is 0.0677. The molecule has 0 saturated heterocycles. The first-order valence-corrected chi connectivity index (χ1v) is 17.3. The van der Waals surface area contributed by atoms with Crippen LogP contribution in [0.5, 0.6) is 0 Å². The Labute approximate surface area is 263 Å². The molecule has 0 bridgehead atoms. The zero-order valence-corrected chi connectivity index (χ0v) is 28.1. The van der Waals surface area contributed by atoms with E-state index < -0.39 is 69.3 Å². The van der Waals surface area contributed by atoms with Gasteiger partial charge in [-0.15, -0.1) is 8.58 Å². The summed E-state index contributed by atoms with van der Waals surface area (Å²) in [7, 11) is 1.20. The summed E-state index contributed by atoms with van der Waals surface area (Å²) < 4.78 is 131. The van der Waals surface area contributed by atoms with Crippen LogP contribution in [0.15, 0.2) is 0 Å². The van der Waals surface area contributed by atoms with Gasteiger partial charge in [0.2, 0.25) is 11.6 Å². The maximum absolute atomic E-state index is 13.4. The van der Waals surface area contributed by atoms with Crippen LogP contribution in [0.1, 0.15) is 106 Å². The van der Waals surface area contributed by atoms with Crippen LogP contribution in [-0.4, -0.2) is 12.3 Å². The molecule has 0 aliphatic rings. The van der Waals surface area contributed by atoms with Crippen molar-refractivity contribution >= 4 is 8.58 Å². The predicted molar refractivity (Wildman–Crippen MR) is 164 cm³/mol. The number of benzene rings is 2. The molecule has 0 N–H and O–H groups in total. The molecule has 0 aliphatic heterocycles. The van der Waals surface area contributed by atoms with E-state index in [-0.39, 0.29) is 0 Å². The summed E-state index contributed by atoms with van der Waals surface area (Å²) in [5.41, 5.74) is -4.52. The number of halogens is 10. The molecule has 4 unspecified atom stereocenters. The van der Waals surface area contributed by atoms with E-state index in [4.69, 9.17) is 0 Å². The number of hydrogen-bond acceptors (Lipinski definition) is 0. The van der Waals surface area contributed by atoms with Gasteiger partial charge in [0.25, 0.3) is 0 Å². The number of rotatable bonds is 17. The molecule has 45 heavy (non-hydrogen) atoms. The largest absolute Gasteiger partial charge is 0.203 e. The molecule has 4 atom stereocenters. The molecule has 258 valence electrons. The van der Waals surface area contributed by atoms with Crippen molar-refractivity contribution in [1.82, 2.24) is 0 Å². The fourth-order valence-electron chi connectivity index (χ4n) is 5.39. The highest BCUT2D eigenvalue weighted by Gasteiger charge is 2.34. The van der Waals surface area contributed by atoms with Crippen molar-refractivity contribution in [1.29, 1.82) is 0 Å². The molecule has 0 saturated carbocycles. The fraction of sp³-hybridized carbons (Fsp3) is 0.647. The van der Waals surface area contributed by atoms with Crippen LogP contribution in [0, 0.1) is 81.8 Å². The molecule has 2 rings (SSSR count). The highest BCUT2D eigenvalue weighted by atomic mass is 31.1. The Morgan fingerprint density at radius 1 is 0.400 bits per heavy atom. The van der Waals surface area contributed by atoms with Crippen molar-refractivity contribution < 1.29 is 43.9 Å². The second kappa shape index (κ2) is 20.4. The first-order chi connectivity index (χ1) is 21.2. The van der Waals surface area contributed by atoms with Gasteiger partial charge < -0.3 is 0 Å². The average molecular weight is 677 g/mol. The fourth-order valence-corrected chi connectivity index (χ4v) is 6.95. The zero-order chi connectivity index (χ0) is 34.4. The summed E-state index contributed by atoms with van der Waals surface area (Å²) in [6, 6.07) is 0. The molecule has 0 aromatic heterocycles. The lowest BCUT2D eigenvalue weighted by Crippen LogP contribution is -2.10. The first-order valence-electron chi connectivity index (χ1n) is 15.9. The zero-order valence-electron chi connectivity index (χ0n) is 27.1. The summed E-state index contributed by atoms with van der Waals surface area (Å²) in [6.45, 7) is 14.4. The molecule has 0 heterocycles. The average Bonchev–Trinajstić information content (AvgIpc) is 3.02. The molecular weight excluding hydrogens is 629 g/mol. The monoisotopic (exact) mass is 676 g/mol. The van der Waals surface area contributed by atoms with Crippen LogP contribution in [0.2, 0.25) is 0 Å². The predicted octanol–water partition coefficient (Wildman–Crippen LogP) is 12.9. The van der Waals surface area contributed by atoms with Gasteiger partial charge >= 0.3 is 0 Å². The van der Waals surface area contributed by atoms with Gasteiger partial charge in [-0.05, 0) is 36.0 Å². The van der Waals surface area contributed by atoms with Gasteiger partial charge in [0.1, 0.15) is 0 Å². The van der Waals surface area contributed by atoms with Crippen LogP contribution in [0.4, 0.5) is 43.9 Å². The van der Waals surface area contributed by atoms with Crippen molar-refractivity contribution in [2.24, 2.45) is 23.7 Å². The second-order valence-corrected chi connectivity index (χ2v) is 13.4. The molecule has 0 nitrogen and oxygen atoms in total. The lowest BCUT2D eigenvalue weighted by molar-refractivity contribution is 0.370. The summed E-state index contributed by atoms with van der Waals surface area (Å²) >= 11 is 0. The minimum absolute atomic E-state index is 0.954. The smallest absolute Gasteiger partial charge is 0.200 e. The minimum atomic E-state index is -2.68. The maximum atomic E-state index is 13.4. The summed E-state index contributed by atoms with van der Waals surface area (Å²) in [6.07, 6.45) is 17.2. The summed E-state index contributed by atoms with van der Waals surface area (Å²) in [5.74, 6) is -22.7. The third-order valence-electron chi connectivity index (χ3n) is 8.34. The molecule has 0 aliphatic carbocycles. The third kappa shape index (κ3) is 11.7. The SMILES string of the molecule is CCCC(CC)CCC(C)CPCC(C)CCC(CC)CCC.Fc1c(F)c(F)c(-c2c(F)c(F)c(F)c(F)c2F)c(F)c1F. The van der Waals surface area contributed by atoms with E-state index in [0.29, 0.717) is 0 Å². The Kier molecular flexibility index (Phi) is 18.7. The maximum Gasteiger partial charge on any atom is 0.200 e. The van der Waals surface area contributed by atoms with E-state index in [0.717, 1.165) is 23.7 Å². The van der Waals surface area contributed by atoms with Gasteiger partial charge in [0.05, 0.1) is 11.1 Å². The standard InChI is InChI=1S/C22H47P.C12F10/c1-7-11-21(9-3)15-13-19(5)17-23-18-20(6)14-16-22(10-4)12-8-2;13-3-1(4(14)8(18)11(21)7(3)17)2-5(15)9(19)12(22)10(20)6(2)16/h19-23H,7-18H2,1-6H3;. The van der Waals surface area contributed by atoms with Crippen LogP contribution < -0.4 is 0 Å². The first kappa shape index (κ1) is 41.2. The van der Waals surface area contributed by atoms with E-state index in [2.05, 4.69) is 41.5 Å². The molecule has 2 aromatic carbocycles. The lowest BCUT2D eigenvalue weighted by Gasteiger charge is -2.19. The van der Waals surface area contributed by atoms with Gasteiger partial charge in [-0.25, -0.2) is 43.9 Å². The Morgan fingerprint density at radius 3 is 0.911 bits per heavy atom. The van der Waals surface area contributed by atoms with Crippen LogP contribution in [-0.2, 0) is 0 Å². The Bertz CT molecular complexity index is 1050. The van der Waals surface area contributed by atoms with Crippen LogP contribution >= 0.6 is 8.58 Å². The van der Waals surface area contributed by atoms with E-state index in [1.165, 1.54) is 85.1 Å². The summed E-state index contributed by atoms with van der Waals surface area (Å²) in [5, 5.41) is 0. The summed E-state index contributed by atoms with van der Waals surface area (Å²) in [4.78, 5) is 0. The number of hydrogen-bond donors (Lipinski definition) is 0. The highest BCUT2D eigenvalue weighted by molar-refractivity contribution is 7.38. The van der Waals surface area contributed by atoms with E-state index in [1.807, 2.05) is 0 Å². The highest BCUT2D eigenvalue weighted by Crippen LogP contribution is 2.37. The van der Waals surface area contributed by atoms with Crippen molar-refractivity contribution in [2.75, 3.05) is 12.3 Å². The van der Waals surface area contributed by atoms with Gasteiger partial charge in [0, 0.05) is 0 Å². The Hall–Kier alpha value is -1.83. The van der Waals surface area contributed by atoms with Crippen molar-refractivity contribution in [3.05, 3.63) is 58.2 Å². The van der Waals surface area contributed by atoms with Crippen molar-refractivity contribution in [3.8, 4) is 11.1 Å². The molecule has 0 amide bonds. The van der Waals surface area contributed by atoms with Gasteiger partial charge in [-0.1, -0.05) is 106 Å². The molecule has 2 aromatic rings. The van der Waals surface area contributed by atoms with Gasteiger partial charge in [0.15, 0.2) is 46.5 Å². The molecule has 0 spiro atoms. The van der Waals surface area contributed by atoms with E-state index >= 15 is 0 Å². The third-order valence-corrected chi connectivity index (χ3v) is 10.3. The lowest BCUT2D eigenvalue weighted by atomic mass is 9.92.